The van der Waals surface area contributed by atoms with Crippen LogP contribution in [-0.2, 0) is 24.2 Å². The Morgan fingerprint density at radius 3 is 2.33 bits per heavy atom. The minimum absolute atomic E-state index is 0.248. The van der Waals surface area contributed by atoms with E-state index in [2.05, 4.69) is 29.2 Å². The molecule has 0 radical (unpaired) electrons. The Kier molecular flexibility index (Phi) is 6.75. The molecule has 0 atom stereocenters. The monoisotopic (exact) mass is 400 g/mol. The standard InChI is InChI=1S/C26H28N2O2/c29-26(18-21-5-2-1-3-6-21)28-15-12-23(13-16-28)17-22-8-10-24(11-9-22)20-30-25-7-4-14-27-19-25/h1-11,14,19,23H,12-13,15-18,20H2. The summed E-state index contributed by atoms with van der Waals surface area (Å²) in [5, 5.41) is 0. The summed E-state index contributed by atoms with van der Waals surface area (Å²) < 4.78 is 5.76. The number of aromatic nitrogens is 1. The van der Waals surface area contributed by atoms with Crippen LogP contribution in [0.15, 0.2) is 79.1 Å². The summed E-state index contributed by atoms with van der Waals surface area (Å²) in [5.74, 6) is 1.68. The van der Waals surface area contributed by atoms with Gasteiger partial charge >= 0.3 is 0 Å². The molecule has 154 valence electrons. The first-order chi connectivity index (χ1) is 14.8. The quantitative estimate of drug-likeness (QED) is 0.578. The highest BCUT2D eigenvalue weighted by Gasteiger charge is 2.22. The zero-order valence-corrected chi connectivity index (χ0v) is 17.2. The van der Waals surface area contributed by atoms with Crippen LogP contribution in [0.5, 0.6) is 5.75 Å². The maximum Gasteiger partial charge on any atom is 0.226 e. The zero-order valence-electron chi connectivity index (χ0n) is 17.2. The van der Waals surface area contributed by atoms with Crippen LogP contribution in [-0.4, -0.2) is 28.9 Å². The van der Waals surface area contributed by atoms with Crippen molar-refractivity contribution in [3.8, 4) is 5.75 Å². The third-order valence-electron chi connectivity index (χ3n) is 5.75. The molecule has 2 aromatic carbocycles. The predicted octanol–water partition coefficient (Wildman–Crippen LogP) is 4.68. The summed E-state index contributed by atoms with van der Waals surface area (Å²) in [7, 11) is 0. The first-order valence-corrected chi connectivity index (χ1v) is 10.7. The first-order valence-electron chi connectivity index (χ1n) is 10.7. The average molecular weight is 401 g/mol. The third kappa shape index (κ3) is 5.69. The Morgan fingerprint density at radius 1 is 0.900 bits per heavy atom. The van der Waals surface area contributed by atoms with E-state index in [1.807, 2.05) is 47.4 Å². The van der Waals surface area contributed by atoms with Crippen LogP contribution in [0, 0.1) is 5.92 Å². The molecule has 4 rings (SSSR count). The summed E-state index contributed by atoms with van der Waals surface area (Å²) in [6.07, 6.45) is 7.20. The van der Waals surface area contributed by atoms with E-state index in [0.717, 1.165) is 49.2 Å². The SMILES string of the molecule is O=C(Cc1ccccc1)N1CCC(Cc2ccc(COc3cccnc3)cc2)CC1. The second kappa shape index (κ2) is 10.1. The Hall–Kier alpha value is -3.14. The van der Waals surface area contributed by atoms with Crippen molar-refractivity contribution in [2.75, 3.05) is 13.1 Å². The van der Waals surface area contributed by atoms with Crippen molar-refractivity contribution in [1.82, 2.24) is 9.88 Å². The second-order valence-electron chi connectivity index (χ2n) is 7.98. The lowest BCUT2D eigenvalue weighted by molar-refractivity contribution is -0.131. The minimum atomic E-state index is 0.248. The molecular formula is C26H28N2O2. The van der Waals surface area contributed by atoms with Crippen molar-refractivity contribution in [3.05, 3.63) is 95.8 Å². The van der Waals surface area contributed by atoms with Crippen molar-refractivity contribution in [2.45, 2.75) is 32.3 Å². The highest BCUT2D eigenvalue weighted by atomic mass is 16.5. The van der Waals surface area contributed by atoms with Crippen LogP contribution in [0.4, 0.5) is 0 Å². The van der Waals surface area contributed by atoms with Crippen LogP contribution < -0.4 is 4.74 Å². The number of hydrogen-bond donors (Lipinski definition) is 0. The summed E-state index contributed by atoms with van der Waals surface area (Å²) in [6.45, 7) is 2.29. The van der Waals surface area contributed by atoms with Gasteiger partial charge in [0.1, 0.15) is 12.4 Å². The van der Waals surface area contributed by atoms with Gasteiger partial charge in [-0.15, -0.1) is 0 Å². The summed E-state index contributed by atoms with van der Waals surface area (Å²) in [5.41, 5.74) is 3.61. The van der Waals surface area contributed by atoms with Crippen molar-refractivity contribution in [1.29, 1.82) is 0 Å². The zero-order chi connectivity index (χ0) is 20.6. The Bertz CT molecular complexity index is 918. The highest BCUT2D eigenvalue weighted by Crippen LogP contribution is 2.23. The van der Waals surface area contributed by atoms with Gasteiger partial charge in [0.05, 0.1) is 12.6 Å². The summed E-state index contributed by atoms with van der Waals surface area (Å²) >= 11 is 0. The van der Waals surface area contributed by atoms with E-state index < -0.39 is 0 Å². The van der Waals surface area contributed by atoms with Gasteiger partial charge in [0.2, 0.25) is 5.91 Å². The van der Waals surface area contributed by atoms with Gasteiger partial charge in [0, 0.05) is 19.3 Å². The van der Waals surface area contributed by atoms with Gasteiger partial charge in [-0.25, -0.2) is 0 Å². The van der Waals surface area contributed by atoms with Crippen LogP contribution in [0.2, 0.25) is 0 Å². The molecule has 1 saturated heterocycles. The fourth-order valence-electron chi connectivity index (χ4n) is 3.97. The van der Waals surface area contributed by atoms with E-state index in [-0.39, 0.29) is 5.91 Å². The van der Waals surface area contributed by atoms with E-state index in [1.54, 1.807) is 12.4 Å². The van der Waals surface area contributed by atoms with E-state index in [4.69, 9.17) is 4.74 Å². The fraction of sp³-hybridized carbons (Fsp3) is 0.308. The molecule has 4 heteroatoms. The number of hydrogen-bond acceptors (Lipinski definition) is 3. The number of pyridine rings is 1. The fourth-order valence-corrected chi connectivity index (χ4v) is 3.97. The number of nitrogens with zero attached hydrogens (tertiary/aromatic N) is 2. The molecule has 0 spiro atoms. The molecule has 1 aliphatic rings. The van der Waals surface area contributed by atoms with Gasteiger partial charge in [0.25, 0.3) is 0 Å². The molecule has 3 aromatic rings. The number of amides is 1. The molecule has 1 fully saturated rings. The number of benzene rings is 2. The molecule has 4 nitrogen and oxygen atoms in total. The lowest BCUT2D eigenvalue weighted by atomic mass is 9.89. The maximum atomic E-state index is 12.5. The van der Waals surface area contributed by atoms with Crippen molar-refractivity contribution >= 4 is 5.91 Å². The third-order valence-corrected chi connectivity index (χ3v) is 5.75. The van der Waals surface area contributed by atoms with Crippen molar-refractivity contribution in [2.24, 2.45) is 5.92 Å². The highest BCUT2D eigenvalue weighted by molar-refractivity contribution is 5.78. The topological polar surface area (TPSA) is 42.4 Å². The molecule has 0 bridgehead atoms. The molecule has 1 aliphatic heterocycles. The number of ether oxygens (including phenoxy) is 1. The molecule has 1 aromatic heterocycles. The lowest BCUT2D eigenvalue weighted by Crippen LogP contribution is -2.39. The van der Waals surface area contributed by atoms with Crippen LogP contribution in [0.3, 0.4) is 0 Å². The van der Waals surface area contributed by atoms with E-state index in [0.29, 0.717) is 18.9 Å². The van der Waals surface area contributed by atoms with Gasteiger partial charge in [-0.2, -0.15) is 0 Å². The molecule has 0 unspecified atom stereocenters. The smallest absolute Gasteiger partial charge is 0.226 e. The number of carbonyl (C=O) groups excluding carboxylic acids is 1. The van der Waals surface area contributed by atoms with Gasteiger partial charge in [0.15, 0.2) is 0 Å². The number of carbonyl (C=O) groups is 1. The van der Waals surface area contributed by atoms with Gasteiger partial charge < -0.3 is 9.64 Å². The van der Waals surface area contributed by atoms with Gasteiger partial charge in [-0.1, -0.05) is 54.6 Å². The van der Waals surface area contributed by atoms with Crippen LogP contribution >= 0.6 is 0 Å². The number of likely N-dealkylation sites (tertiary alicyclic amines) is 1. The number of piperidine rings is 1. The Morgan fingerprint density at radius 2 is 1.63 bits per heavy atom. The molecule has 0 N–H and O–H groups in total. The Labute approximate surface area is 178 Å². The van der Waals surface area contributed by atoms with E-state index >= 15 is 0 Å². The largest absolute Gasteiger partial charge is 0.487 e. The van der Waals surface area contributed by atoms with Gasteiger partial charge in [-0.3, -0.25) is 9.78 Å². The predicted molar refractivity (Wildman–Crippen MR) is 118 cm³/mol. The summed E-state index contributed by atoms with van der Waals surface area (Å²) in [6, 6.07) is 22.5. The Balaban J connectivity index is 1.21. The molecule has 30 heavy (non-hydrogen) atoms. The van der Waals surface area contributed by atoms with E-state index in [1.165, 1.54) is 5.56 Å². The minimum Gasteiger partial charge on any atom is -0.487 e. The second-order valence-corrected chi connectivity index (χ2v) is 7.98. The molecular weight excluding hydrogens is 372 g/mol. The molecule has 0 aliphatic carbocycles. The lowest BCUT2D eigenvalue weighted by Gasteiger charge is -2.32. The van der Waals surface area contributed by atoms with Gasteiger partial charge in [-0.05, 0) is 54.0 Å². The van der Waals surface area contributed by atoms with Crippen LogP contribution in [0.1, 0.15) is 29.5 Å². The van der Waals surface area contributed by atoms with Crippen LogP contribution in [0.25, 0.3) is 0 Å². The summed E-state index contributed by atoms with van der Waals surface area (Å²) in [4.78, 5) is 18.6. The number of rotatable bonds is 7. The normalized spacial score (nSPS) is 14.5. The van der Waals surface area contributed by atoms with Crippen molar-refractivity contribution in [3.63, 3.8) is 0 Å². The van der Waals surface area contributed by atoms with Crippen molar-refractivity contribution < 1.29 is 9.53 Å². The van der Waals surface area contributed by atoms with E-state index in [9.17, 15) is 4.79 Å². The molecule has 2 heterocycles. The first kappa shape index (κ1) is 20.1. The molecule has 1 amide bonds. The average Bonchev–Trinajstić information content (AvgIpc) is 2.80. The molecule has 0 saturated carbocycles. The maximum absolute atomic E-state index is 12.5.